The van der Waals surface area contributed by atoms with Crippen LogP contribution in [0.4, 0.5) is 5.95 Å². The van der Waals surface area contributed by atoms with Gasteiger partial charge in [-0.05, 0) is 49.6 Å². The maximum absolute atomic E-state index is 12.5. The van der Waals surface area contributed by atoms with Gasteiger partial charge in [0.1, 0.15) is 6.04 Å². The molecular weight excluding hydrogens is 468 g/mol. The van der Waals surface area contributed by atoms with E-state index < -0.39 is 0 Å². The van der Waals surface area contributed by atoms with Gasteiger partial charge in [-0.25, -0.2) is 9.97 Å². The molecule has 152 valence electrons. The Kier molecular flexibility index (Phi) is 5.04. The van der Waals surface area contributed by atoms with Crippen molar-refractivity contribution >= 4 is 55.9 Å². The number of rotatable bonds is 3. The number of hydrogen-bond donors (Lipinski definition) is 2. The van der Waals surface area contributed by atoms with Crippen molar-refractivity contribution in [2.45, 2.75) is 25.3 Å². The molecule has 1 amide bonds. The molecule has 3 heterocycles. The summed E-state index contributed by atoms with van der Waals surface area (Å²) in [5, 5.41) is 12.4. The maximum atomic E-state index is 12.5. The molecule has 1 aliphatic heterocycles. The molecule has 0 bridgehead atoms. The molecular formula is C21H18BrClN6O. The van der Waals surface area contributed by atoms with Crippen molar-refractivity contribution in [3.8, 4) is 11.4 Å². The summed E-state index contributed by atoms with van der Waals surface area (Å²) in [4.78, 5) is 22.0. The molecule has 9 heteroatoms. The van der Waals surface area contributed by atoms with E-state index in [0.717, 1.165) is 40.2 Å². The lowest BCUT2D eigenvalue weighted by molar-refractivity contribution is -0.121. The number of para-hydroxylation sites is 1. The number of fused-ring (bicyclic) bond motifs is 3. The number of hydrogen-bond acceptors (Lipinski definition) is 5. The van der Waals surface area contributed by atoms with Gasteiger partial charge in [0.15, 0.2) is 11.5 Å². The minimum absolute atomic E-state index is 0.0214. The number of nitrogens with zero attached hydrogens (tertiary/aromatic N) is 4. The van der Waals surface area contributed by atoms with Crippen LogP contribution in [-0.2, 0) is 4.79 Å². The van der Waals surface area contributed by atoms with Gasteiger partial charge in [0.05, 0.1) is 10.5 Å². The van der Waals surface area contributed by atoms with Crippen molar-refractivity contribution in [3.63, 3.8) is 0 Å². The molecule has 2 aromatic carbocycles. The lowest BCUT2D eigenvalue weighted by Gasteiger charge is -2.16. The van der Waals surface area contributed by atoms with E-state index in [2.05, 4.69) is 31.7 Å². The second-order valence-corrected chi connectivity index (χ2v) is 8.55. The molecule has 0 aliphatic carbocycles. The van der Waals surface area contributed by atoms with Crippen LogP contribution in [-0.4, -0.2) is 38.1 Å². The van der Waals surface area contributed by atoms with Crippen LogP contribution in [0, 0.1) is 0 Å². The van der Waals surface area contributed by atoms with Gasteiger partial charge in [-0.1, -0.05) is 39.7 Å². The number of anilines is 1. The molecule has 0 spiro atoms. The highest BCUT2D eigenvalue weighted by atomic mass is 79.9. The Hall–Kier alpha value is -2.71. The van der Waals surface area contributed by atoms with Crippen LogP contribution in [0.15, 0.2) is 46.9 Å². The summed E-state index contributed by atoms with van der Waals surface area (Å²) in [7, 11) is 0. The van der Waals surface area contributed by atoms with Gasteiger partial charge in [0, 0.05) is 22.0 Å². The van der Waals surface area contributed by atoms with Crippen LogP contribution in [0.3, 0.4) is 0 Å². The van der Waals surface area contributed by atoms with Gasteiger partial charge in [0.2, 0.25) is 11.9 Å². The number of nitrogens with one attached hydrogen (secondary N) is 2. The Bertz CT molecular complexity index is 1270. The molecule has 1 aliphatic rings. The van der Waals surface area contributed by atoms with Crippen molar-refractivity contribution in [2.24, 2.45) is 0 Å². The first-order valence-electron chi connectivity index (χ1n) is 9.75. The highest BCUT2D eigenvalue weighted by molar-refractivity contribution is 9.10. The Labute approximate surface area is 186 Å². The SMILES string of the molecule is O=C1NCCCC[C@H]1Nc1nc2ccccc2c2nc(-c3ccc(Br)cc3Cl)nn12. The van der Waals surface area contributed by atoms with Crippen molar-refractivity contribution in [1.29, 1.82) is 0 Å². The van der Waals surface area contributed by atoms with E-state index in [-0.39, 0.29) is 11.9 Å². The minimum Gasteiger partial charge on any atom is -0.354 e. The zero-order valence-electron chi connectivity index (χ0n) is 15.9. The zero-order chi connectivity index (χ0) is 20.7. The lowest BCUT2D eigenvalue weighted by atomic mass is 10.1. The van der Waals surface area contributed by atoms with Crippen LogP contribution >= 0.6 is 27.5 Å². The Morgan fingerprint density at radius 1 is 1.17 bits per heavy atom. The first-order valence-corrected chi connectivity index (χ1v) is 10.9. The summed E-state index contributed by atoms with van der Waals surface area (Å²) in [5.74, 6) is 0.962. The summed E-state index contributed by atoms with van der Waals surface area (Å²) in [6, 6.07) is 13.0. The van der Waals surface area contributed by atoms with E-state index in [1.54, 1.807) is 4.52 Å². The molecule has 0 saturated carbocycles. The second-order valence-electron chi connectivity index (χ2n) is 7.23. The van der Waals surface area contributed by atoms with Crippen LogP contribution in [0.1, 0.15) is 19.3 Å². The molecule has 2 N–H and O–H groups in total. The van der Waals surface area contributed by atoms with Crippen LogP contribution in [0.5, 0.6) is 0 Å². The maximum Gasteiger partial charge on any atom is 0.242 e. The standard InChI is InChI=1S/C21H18BrClN6O/c22-12-8-9-13(15(23)11-12)18-27-19-14-5-1-2-6-16(14)25-21(29(19)28-18)26-17-7-3-4-10-24-20(17)30/h1-2,5-6,8-9,11,17H,3-4,7,10H2,(H,24,30)(H,25,26)/t17-/m1/s1. The third kappa shape index (κ3) is 3.50. The average Bonchev–Trinajstić information content (AvgIpc) is 3.08. The van der Waals surface area contributed by atoms with E-state index >= 15 is 0 Å². The van der Waals surface area contributed by atoms with Gasteiger partial charge in [0.25, 0.3) is 0 Å². The van der Waals surface area contributed by atoms with Gasteiger partial charge in [-0.15, -0.1) is 5.10 Å². The first-order chi connectivity index (χ1) is 14.6. The molecule has 2 aromatic heterocycles. The van der Waals surface area contributed by atoms with E-state index in [9.17, 15) is 4.79 Å². The molecule has 1 atom stereocenters. The fraction of sp³-hybridized carbons (Fsp3) is 0.238. The summed E-state index contributed by atoms with van der Waals surface area (Å²) in [6.45, 7) is 0.702. The molecule has 5 rings (SSSR count). The second kappa shape index (κ2) is 7.85. The Morgan fingerprint density at radius 3 is 2.90 bits per heavy atom. The van der Waals surface area contributed by atoms with E-state index in [1.807, 2.05) is 42.5 Å². The number of halogens is 2. The van der Waals surface area contributed by atoms with E-state index in [1.165, 1.54) is 0 Å². The van der Waals surface area contributed by atoms with Crippen molar-refractivity contribution in [2.75, 3.05) is 11.9 Å². The molecule has 1 fully saturated rings. The van der Waals surface area contributed by atoms with Crippen LogP contribution in [0.25, 0.3) is 27.9 Å². The highest BCUT2D eigenvalue weighted by Crippen LogP contribution is 2.30. The van der Waals surface area contributed by atoms with Crippen molar-refractivity contribution in [3.05, 3.63) is 52.0 Å². The smallest absolute Gasteiger partial charge is 0.242 e. The zero-order valence-corrected chi connectivity index (χ0v) is 18.2. The topological polar surface area (TPSA) is 84.2 Å². The predicted molar refractivity (Wildman–Crippen MR) is 121 cm³/mol. The molecule has 30 heavy (non-hydrogen) atoms. The fourth-order valence-electron chi connectivity index (χ4n) is 3.67. The lowest BCUT2D eigenvalue weighted by Crippen LogP contribution is -2.38. The van der Waals surface area contributed by atoms with E-state index in [0.29, 0.717) is 29.0 Å². The van der Waals surface area contributed by atoms with Crippen molar-refractivity contribution in [1.82, 2.24) is 24.9 Å². The number of amides is 1. The number of carbonyl (C=O) groups is 1. The minimum atomic E-state index is -0.367. The summed E-state index contributed by atoms with van der Waals surface area (Å²) >= 11 is 9.87. The third-order valence-electron chi connectivity index (χ3n) is 5.19. The quantitative estimate of drug-likeness (QED) is 0.448. The molecule has 7 nitrogen and oxygen atoms in total. The number of aromatic nitrogens is 4. The third-order valence-corrected chi connectivity index (χ3v) is 6.00. The monoisotopic (exact) mass is 484 g/mol. The largest absolute Gasteiger partial charge is 0.354 e. The van der Waals surface area contributed by atoms with Gasteiger partial charge >= 0.3 is 0 Å². The Balaban J connectivity index is 1.67. The molecule has 1 saturated heterocycles. The predicted octanol–water partition coefficient (Wildman–Crippen LogP) is 4.44. The average molecular weight is 486 g/mol. The molecule has 4 aromatic rings. The summed E-state index contributed by atoms with van der Waals surface area (Å²) < 4.78 is 2.54. The van der Waals surface area contributed by atoms with Gasteiger partial charge in [-0.3, -0.25) is 4.79 Å². The van der Waals surface area contributed by atoms with Gasteiger partial charge < -0.3 is 10.6 Å². The summed E-state index contributed by atoms with van der Waals surface area (Å²) in [5.41, 5.74) is 2.17. The highest BCUT2D eigenvalue weighted by Gasteiger charge is 2.23. The Morgan fingerprint density at radius 2 is 2.03 bits per heavy atom. The van der Waals surface area contributed by atoms with Gasteiger partial charge in [-0.2, -0.15) is 4.52 Å². The van der Waals surface area contributed by atoms with Crippen molar-refractivity contribution < 1.29 is 4.79 Å². The van der Waals surface area contributed by atoms with Crippen LogP contribution in [0.2, 0.25) is 5.02 Å². The molecule has 0 unspecified atom stereocenters. The van der Waals surface area contributed by atoms with Crippen LogP contribution < -0.4 is 10.6 Å². The normalized spacial score (nSPS) is 17.1. The van der Waals surface area contributed by atoms with E-state index in [4.69, 9.17) is 21.6 Å². The summed E-state index contributed by atoms with van der Waals surface area (Å²) in [6.07, 6.45) is 2.67. The first kappa shape index (κ1) is 19.3. The number of carbonyl (C=O) groups excluding carboxylic acids is 1. The number of benzene rings is 2. The fourth-order valence-corrected chi connectivity index (χ4v) is 4.42. The molecule has 0 radical (unpaired) electrons.